The largest absolute Gasteiger partial charge is 0.490 e. The van der Waals surface area contributed by atoms with Crippen LogP contribution >= 0.6 is 0 Å². The number of hydrogen-bond acceptors (Lipinski definition) is 3. The molecule has 6 nitrogen and oxygen atoms in total. The van der Waals surface area contributed by atoms with E-state index in [0.29, 0.717) is 30.3 Å². The number of alkyl halides is 1. The zero-order valence-electron chi connectivity index (χ0n) is 14.7. The first-order valence-corrected chi connectivity index (χ1v) is 9.01. The molecule has 0 spiro atoms. The minimum Gasteiger partial charge on any atom is -0.490 e. The molecule has 1 atom stereocenters. The van der Waals surface area contributed by atoms with Crippen molar-refractivity contribution in [3.05, 3.63) is 30.1 Å². The molecule has 1 N–H and O–H groups in total. The first-order chi connectivity index (χ1) is 12.6. The number of fused-ring (bicyclic) bond motifs is 1. The molecule has 2 aromatic rings. The maximum absolute atomic E-state index is 12.8. The molecule has 7 heteroatoms. The monoisotopic (exact) mass is 359 g/mol. The summed E-state index contributed by atoms with van der Waals surface area (Å²) >= 11 is 0. The zero-order valence-corrected chi connectivity index (χ0v) is 14.7. The van der Waals surface area contributed by atoms with Gasteiger partial charge in [0.1, 0.15) is 19.0 Å². The van der Waals surface area contributed by atoms with Crippen LogP contribution in [0.2, 0.25) is 0 Å². The Balaban J connectivity index is 1.80. The highest BCUT2D eigenvalue weighted by molar-refractivity contribution is 5.91. The number of carboxylic acid groups (broad SMARTS) is 1. The molecule has 138 valence electrons. The smallest absolute Gasteiger partial charge is 0.412 e. The second kappa shape index (κ2) is 6.63. The van der Waals surface area contributed by atoms with Crippen LogP contribution < -0.4 is 9.64 Å². The minimum absolute atomic E-state index is 0.0527. The fourth-order valence-electron chi connectivity index (χ4n) is 3.64. The van der Waals surface area contributed by atoms with E-state index in [9.17, 15) is 14.3 Å². The Bertz CT molecular complexity index is 831. The predicted molar refractivity (Wildman–Crippen MR) is 95.7 cm³/mol. The summed E-state index contributed by atoms with van der Waals surface area (Å²) in [6.07, 6.45) is 6.49. The molecule has 2 aliphatic rings. The molecule has 0 radical (unpaired) electrons. The Morgan fingerprint density at radius 2 is 2.19 bits per heavy atom. The van der Waals surface area contributed by atoms with E-state index >= 15 is 0 Å². The van der Waals surface area contributed by atoms with Gasteiger partial charge in [0.2, 0.25) is 0 Å². The first-order valence-electron chi connectivity index (χ1n) is 9.01. The molecule has 1 aromatic heterocycles. The maximum atomic E-state index is 12.8. The lowest BCUT2D eigenvalue weighted by molar-refractivity contribution is 0.198. The number of anilines is 1. The van der Waals surface area contributed by atoms with E-state index in [0.717, 1.165) is 29.5 Å². The summed E-state index contributed by atoms with van der Waals surface area (Å²) in [4.78, 5) is 13.1. The Morgan fingerprint density at radius 1 is 1.38 bits per heavy atom. The van der Waals surface area contributed by atoms with Crippen molar-refractivity contribution in [1.29, 1.82) is 0 Å². The Hall–Kier alpha value is -2.57. The summed E-state index contributed by atoms with van der Waals surface area (Å²) in [5, 5.41) is 14.0. The van der Waals surface area contributed by atoms with Crippen molar-refractivity contribution >= 4 is 11.8 Å². The Kier molecular flexibility index (Phi) is 4.30. The maximum Gasteiger partial charge on any atom is 0.412 e. The van der Waals surface area contributed by atoms with Gasteiger partial charge >= 0.3 is 6.09 Å². The minimum atomic E-state index is -0.982. The predicted octanol–water partition coefficient (Wildman–Crippen LogP) is 4.05. The number of nitrogens with zero attached hydrogens (tertiary/aromatic N) is 3. The molecule has 2 heterocycles. The second-order valence-electron chi connectivity index (χ2n) is 6.96. The molecule has 1 aliphatic carbocycles. The molecule has 1 fully saturated rings. The van der Waals surface area contributed by atoms with E-state index < -0.39 is 12.8 Å². The van der Waals surface area contributed by atoms with Gasteiger partial charge < -0.3 is 9.84 Å². The first kappa shape index (κ1) is 16.9. The Morgan fingerprint density at radius 3 is 2.88 bits per heavy atom. The summed E-state index contributed by atoms with van der Waals surface area (Å²) in [6.45, 7) is 1.25. The number of ether oxygens (including phenoxy) is 1. The van der Waals surface area contributed by atoms with Gasteiger partial charge in [-0.2, -0.15) is 5.10 Å². The van der Waals surface area contributed by atoms with Gasteiger partial charge in [0.05, 0.1) is 17.9 Å². The average Bonchev–Trinajstić information content (AvgIpc) is 3.36. The van der Waals surface area contributed by atoms with Gasteiger partial charge in [0.15, 0.2) is 0 Å². The van der Waals surface area contributed by atoms with Crippen LogP contribution in [0.3, 0.4) is 0 Å². The third-order valence-corrected chi connectivity index (χ3v) is 5.11. The van der Waals surface area contributed by atoms with E-state index in [1.54, 1.807) is 6.20 Å². The number of rotatable bonds is 5. The van der Waals surface area contributed by atoms with Gasteiger partial charge in [-0.15, -0.1) is 0 Å². The quantitative estimate of drug-likeness (QED) is 0.874. The van der Waals surface area contributed by atoms with Gasteiger partial charge in [-0.1, -0.05) is 0 Å². The number of amides is 1. The number of aromatic nitrogens is 2. The summed E-state index contributed by atoms with van der Waals surface area (Å²) in [7, 11) is 0. The highest BCUT2D eigenvalue weighted by Gasteiger charge is 2.32. The van der Waals surface area contributed by atoms with Crippen molar-refractivity contribution in [3.63, 3.8) is 0 Å². The molecule has 1 aliphatic heterocycles. The molecule has 4 rings (SSSR count). The van der Waals surface area contributed by atoms with Crippen LogP contribution in [-0.4, -0.2) is 40.3 Å². The lowest BCUT2D eigenvalue weighted by atomic mass is 9.92. The molecule has 0 unspecified atom stereocenters. The molecule has 26 heavy (non-hydrogen) atoms. The standard InChI is InChI=1S/C19H22FN3O3/c1-12-2-5-16-17(23(12)19(24)25)7-6-15(18(16)26-9-8-20)13-10-21-22(11-13)14-3-4-14/h6-7,10-12,14H,2-5,8-9H2,1H3,(H,24,25)/t12-/m0/s1. The number of carbonyl (C=O) groups is 1. The molecular formula is C19H22FN3O3. The van der Waals surface area contributed by atoms with E-state index in [-0.39, 0.29) is 12.6 Å². The topological polar surface area (TPSA) is 67.6 Å². The van der Waals surface area contributed by atoms with E-state index in [2.05, 4.69) is 5.10 Å². The number of benzene rings is 1. The summed E-state index contributed by atoms with van der Waals surface area (Å²) in [5.41, 5.74) is 3.21. The summed E-state index contributed by atoms with van der Waals surface area (Å²) in [5.74, 6) is 0.577. The van der Waals surface area contributed by atoms with Crippen LogP contribution in [0.4, 0.5) is 14.9 Å². The van der Waals surface area contributed by atoms with Crippen LogP contribution in [-0.2, 0) is 6.42 Å². The van der Waals surface area contributed by atoms with Gasteiger partial charge in [-0.3, -0.25) is 9.58 Å². The molecule has 1 amide bonds. The van der Waals surface area contributed by atoms with Crippen molar-refractivity contribution in [3.8, 4) is 16.9 Å². The Labute approximate surface area is 151 Å². The van der Waals surface area contributed by atoms with E-state index in [1.807, 2.05) is 29.9 Å². The third kappa shape index (κ3) is 2.91. The summed E-state index contributed by atoms with van der Waals surface area (Å²) in [6, 6.07) is 4.05. The lowest BCUT2D eigenvalue weighted by Gasteiger charge is -2.34. The fraction of sp³-hybridized carbons (Fsp3) is 0.474. The number of halogens is 1. The van der Waals surface area contributed by atoms with E-state index in [4.69, 9.17) is 4.74 Å². The number of hydrogen-bond donors (Lipinski definition) is 1. The van der Waals surface area contributed by atoms with Crippen LogP contribution in [0.1, 0.15) is 37.8 Å². The average molecular weight is 359 g/mol. The summed E-state index contributed by atoms with van der Waals surface area (Å²) < 4.78 is 20.5. The SMILES string of the molecule is C[C@H]1CCc2c(ccc(-c3cnn(C4CC4)c3)c2OCCF)N1C(=O)O. The van der Waals surface area contributed by atoms with Crippen LogP contribution in [0.15, 0.2) is 24.5 Å². The van der Waals surface area contributed by atoms with Crippen molar-refractivity contribution in [2.45, 2.75) is 44.7 Å². The van der Waals surface area contributed by atoms with Gasteiger partial charge in [0.25, 0.3) is 0 Å². The van der Waals surface area contributed by atoms with Crippen molar-refractivity contribution < 1.29 is 19.0 Å². The van der Waals surface area contributed by atoms with Crippen molar-refractivity contribution in [1.82, 2.24) is 9.78 Å². The highest BCUT2D eigenvalue weighted by atomic mass is 19.1. The van der Waals surface area contributed by atoms with Gasteiger partial charge in [-0.05, 0) is 44.7 Å². The van der Waals surface area contributed by atoms with Crippen LogP contribution in [0.25, 0.3) is 11.1 Å². The molecule has 0 saturated heterocycles. The van der Waals surface area contributed by atoms with Gasteiger partial charge in [-0.25, -0.2) is 9.18 Å². The lowest BCUT2D eigenvalue weighted by Crippen LogP contribution is -2.41. The molecule has 0 bridgehead atoms. The fourth-order valence-corrected chi connectivity index (χ4v) is 3.64. The van der Waals surface area contributed by atoms with Crippen LogP contribution in [0, 0.1) is 0 Å². The highest BCUT2D eigenvalue weighted by Crippen LogP contribution is 2.43. The second-order valence-corrected chi connectivity index (χ2v) is 6.96. The van der Waals surface area contributed by atoms with Crippen molar-refractivity contribution in [2.24, 2.45) is 0 Å². The van der Waals surface area contributed by atoms with Crippen LogP contribution in [0.5, 0.6) is 5.75 Å². The molecular weight excluding hydrogens is 337 g/mol. The van der Waals surface area contributed by atoms with Gasteiger partial charge in [0, 0.05) is 28.9 Å². The third-order valence-electron chi connectivity index (χ3n) is 5.11. The molecule has 1 saturated carbocycles. The van der Waals surface area contributed by atoms with Crippen molar-refractivity contribution in [2.75, 3.05) is 18.2 Å². The normalized spacial score (nSPS) is 19.3. The van der Waals surface area contributed by atoms with E-state index in [1.165, 1.54) is 4.90 Å². The zero-order chi connectivity index (χ0) is 18.3. The molecule has 1 aromatic carbocycles.